The molecular formula is C32H43N5O. The van der Waals surface area contributed by atoms with E-state index in [2.05, 4.69) is 79.9 Å². The number of carbonyl (C=O) groups is 1. The van der Waals surface area contributed by atoms with Crippen LogP contribution in [0, 0.1) is 6.92 Å². The predicted octanol–water partition coefficient (Wildman–Crippen LogP) is 5.28. The number of likely N-dealkylation sites (N-methyl/N-ethyl adjacent to an activating group) is 1. The van der Waals surface area contributed by atoms with Gasteiger partial charge in [0.2, 0.25) is 0 Å². The molecule has 0 aliphatic carbocycles. The number of nitrogens with two attached hydrogens (primary N) is 1. The van der Waals surface area contributed by atoms with E-state index in [1.807, 2.05) is 18.3 Å². The molecular weight excluding hydrogens is 470 g/mol. The van der Waals surface area contributed by atoms with Gasteiger partial charge in [0.15, 0.2) is 0 Å². The molecule has 6 heteroatoms. The molecule has 202 valence electrons. The first-order valence-corrected chi connectivity index (χ1v) is 13.6. The van der Waals surface area contributed by atoms with Crippen LogP contribution in [-0.2, 0) is 0 Å². The number of hydrogen-bond donors (Lipinski definition) is 1. The quantitative estimate of drug-likeness (QED) is 0.569. The molecule has 1 unspecified atom stereocenters. The van der Waals surface area contributed by atoms with Crippen LogP contribution >= 0.6 is 0 Å². The van der Waals surface area contributed by atoms with Gasteiger partial charge in [0.1, 0.15) is 0 Å². The highest BCUT2D eigenvalue weighted by atomic mass is 16.2. The van der Waals surface area contributed by atoms with Crippen molar-refractivity contribution >= 4 is 17.6 Å². The lowest BCUT2D eigenvalue weighted by Crippen LogP contribution is -2.41. The average Bonchev–Trinajstić information content (AvgIpc) is 2.91. The largest absolute Gasteiger partial charge is 0.359 e. The Bertz CT molecular complexity index is 1260. The maximum Gasteiger partial charge on any atom is 0.253 e. The molecule has 0 radical (unpaired) electrons. The molecule has 0 bridgehead atoms. The number of pyridine rings is 1. The summed E-state index contributed by atoms with van der Waals surface area (Å²) >= 11 is 0. The van der Waals surface area contributed by atoms with Gasteiger partial charge in [-0.25, -0.2) is 0 Å². The molecule has 1 amide bonds. The highest BCUT2D eigenvalue weighted by Gasteiger charge is 2.24. The van der Waals surface area contributed by atoms with Gasteiger partial charge in [-0.1, -0.05) is 29.9 Å². The molecule has 1 atom stereocenters. The Morgan fingerprint density at radius 3 is 2.39 bits per heavy atom. The molecule has 1 aromatic heterocycles. The zero-order valence-corrected chi connectivity index (χ0v) is 24.1. The molecule has 4 rings (SSSR count). The molecule has 1 aromatic carbocycles. The van der Waals surface area contributed by atoms with Crippen molar-refractivity contribution in [3.8, 4) is 0 Å². The van der Waals surface area contributed by atoms with E-state index in [-0.39, 0.29) is 12.1 Å². The van der Waals surface area contributed by atoms with Crippen LogP contribution < -0.4 is 5.73 Å². The number of allylic oxidation sites excluding steroid dienone is 3. The third kappa shape index (κ3) is 5.92. The zero-order chi connectivity index (χ0) is 27.6. The van der Waals surface area contributed by atoms with E-state index < -0.39 is 0 Å². The third-order valence-electron chi connectivity index (χ3n) is 8.14. The molecule has 2 aliphatic rings. The van der Waals surface area contributed by atoms with Gasteiger partial charge in [-0.05, 0) is 94.4 Å². The Hall–Kier alpha value is -3.22. The highest BCUT2D eigenvalue weighted by Crippen LogP contribution is 2.33. The number of likely N-dealkylation sites (tertiary alicyclic amines) is 1. The first kappa shape index (κ1) is 27.8. The van der Waals surface area contributed by atoms with Crippen LogP contribution in [0.2, 0.25) is 0 Å². The standard InChI is InChI=1S/C32H43N5O/c1-21(18-29-23(3)34-15-12-28(29)30-19-22(2)31(33)36(7)24(30)4)20-37-16-13-26(14-17-37)25-8-10-27(11-9-25)32(38)35(5)6/h8-12,15,18-19,26,31H,13-14,16-17,20,33H2,1-7H3/b21-18+. The van der Waals surface area contributed by atoms with Crippen molar-refractivity contribution in [2.75, 3.05) is 40.8 Å². The smallest absolute Gasteiger partial charge is 0.253 e. The number of aromatic nitrogens is 1. The minimum atomic E-state index is -0.0798. The van der Waals surface area contributed by atoms with E-state index in [0.29, 0.717) is 5.92 Å². The van der Waals surface area contributed by atoms with Gasteiger partial charge >= 0.3 is 0 Å². The number of amides is 1. The zero-order valence-electron chi connectivity index (χ0n) is 24.1. The first-order valence-electron chi connectivity index (χ1n) is 13.6. The van der Waals surface area contributed by atoms with Gasteiger partial charge in [-0.3, -0.25) is 14.7 Å². The second-order valence-corrected chi connectivity index (χ2v) is 11.2. The van der Waals surface area contributed by atoms with Gasteiger partial charge < -0.3 is 15.5 Å². The normalized spacial score (nSPS) is 19.6. The van der Waals surface area contributed by atoms with Crippen molar-refractivity contribution < 1.29 is 4.79 Å². The van der Waals surface area contributed by atoms with E-state index >= 15 is 0 Å². The number of piperidine rings is 1. The van der Waals surface area contributed by atoms with Crippen LogP contribution in [0.25, 0.3) is 11.6 Å². The lowest BCUT2D eigenvalue weighted by atomic mass is 9.88. The van der Waals surface area contributed by atoms with Gasteiger partial charge in [0.05, 0.1) is 6.17 Å². The van der Waals surface area contributed by atoms with Crippen LogP contribution in [0.15, 0.2) is 59.4 Å². The minimum absolute atomic E-state index is 0.0531. The van der Waals surface area contributed by atoms with Crippen LogP contribution in [-0.4, -0.2) is 72.5 Å². The van der Waals surface area contributed by atoms with E-state index in [4.69, 9.17) is 5.73 Å². The van der Waals surface area contributed by atoms with E-state index in [1.165, 1.54) is 33.5 Å². The fourth-order valence-electron chi connectivity index (χ4n) is 5.61. The fourth-order valence-corrected chi connectivity index (χ4v) is 5.61. The Morgan fingerprint density at radius 1 is 1.11 bits per heavy atom. The molecule has 38 heavy (non-hydrogen) atoms. The predicted molar refractivity (Wildman–Crippen MR) is 158 cm³/mol. The summed E-state index contributed by atoms with van der Waals surface area (Å²) in [6, 6.07) is 10.3. The number of rotatable bonds is 6. The molecule has 6 nitrogen and oxygen atoms in total. The van der Waals surface area contributed by atoms with Crippen molar-refractivity contribution in [2.45, 2.75) is 52.6 Å². The Morgan fingerprint density at radius 2 is 1.76 bits per heavy atom. The third-order valence-corrected chi connectivity index (χ3v) is 8.14. The maximum absolute atomic E-state index is 12.2. The number of aryl methyl sites for hydroxylation is 1. The average molecular weight is 514 g/mol. The van der Waals surface area contributed by atoms with Crippen LogP contribution in [0.1, 0.15) is 72.3 Å². The minimum Gasteiger partial charge on any atom is -0.359 e. The Labute approximate surface area is 228 Å². The lowest BCUT2D eigenvalue weighted by molar-refractivity contribution is 0.0827. The summed E-state index contributed by atoms with van der Waals surface area (Å²) in [5.41, 5.74) is 16.8. The summed E-state index contributed by atoms with van der Waals surface area (Å²) in [6.07, 6.45) is 8.65. The van der Waals surface area contributed by atoms with Crippen molar-refractivity contribution in [1.82, 2.24) is 19.7 Å². The fraction of sp³-hybridized carbons (Fsp3) is 0.438. The lowest BCUT2D eigenvalue weighted by Gasteiger charge is -2.34. The van der Waals surface area contributed by atoms with Crippen molar-refractivity contribution in [2.24, 2.45) is 5.73 Å². The Balaban J connectivity index is 1.45. The molecule has 0 spiro atoms. The van der Waals surface area contributed by atoms with Crippen molar-refractivity contribution in [3.05, 3.63) is 87.4 Å². The summed E-state index contributed by atoms with van der Waals surface area (Å²) in [5, 5.41) is 0. The SMILES string of the molecule is CC1=CC(c2ccnc(C)c2/C=C(\C)CN2CCC(c3ccc(C(=O)N(C)C)cc3)CC2)=C(C)N(C)C1N. The molecule has 2 aromatic rings. The second-order valence-electron chi connectivity index (χ2n) is 11.2. The van der Waals surface area contributed by atoms with E-state index in [0.717, 1.165) is 49.3 Å². The summed E-state index contributed by atoms with van der Waals surface area (Å²) in [4.78, 5) is 23.1. The van der Waals surface area contributed by atoms with E-state index in [1.54, 1.807) is 19.0 Å². The molecule has 2 aliphatic heterocycles. The molecule has 2 N–H and O–H groups in total. The number of carbonyl (C=O) groups excluding carboxylic acids is 1. The Kier molecular flexibility index (Phi) is 8.54. The van der Waals surface area contributed by atoms with Gasteiger partial charge in [-0.15, -0.1) is 0 Å². The monoisotopic (exact) mass is 513 g/mol. The van der Waals surface area contributed by atoms with Gasteiger partial charge in [-0.2, -0.15) is 0 Å². The maximum atomic E-state index is 12.2. The molecule has 3 heterocycles. The summed E-state index contributed by atoms with van der Waals surface area (Å²) in [7, 11) is 5.64. The number of nitrogens with zero attached hydrogens (tertiary/aromatic N) is 4. The highest BCUT2D eigenvalue weighted by molar-refractivity contribution is 5.93. The topological polar surface area (TPSA) is 65.7 Å². The van der Waals surface area contributed by atoms with Crippen LogP contribution in [0.4, 0.5) is 0 Å². The molecule has 1 saturated heterocycles. The van der Waals surface area contributed by atoms with Crippen molar-refractivity contribution in [1.29, 1.82) is 0 Å². The molecule has 0 saturated carbocycles. The second kappa shape index (κ2) is 11.7. The van der Waals surface area contributed by atoms with Gasteiger partial charge in [0.25, 0.3) is 5.91 Å². The number of hydrogen-bond acceptors (Lipinski definition) is 5. The van der Waals surface area contributed by atoms with Crippen molar-refractivity contribution in [3.63, 3.8) is 0 Å². The van der Waals surface area contributed by atoms with Gasteiger partial charge in [0, 0.05) is 62.0 Å². The van der Waals surface area contributed by atoms with E-state index in [9.17, 15) is 4.79 Å². The first-order chi connectivity index (χ1) is 18.1. The summed E-state index contributed by atoms with van der Waals surface area (Å²) in [6.45, 7) is 11.7. The number of benzene rings is 1. The van der Waals surface area contributed by atoms with Crippen LogP contribution in [0.3, 0.4) is 0 Å². The summed E-state index contributed by atoms with van der Waals surface area (Å²) in [5.74, 6) is 0.600. The molecule has 1 fully saturated rings. The summed E-state index contributed by atoms with van der Waals surface area (Å²) < 4.78 is 0. The van der Waals surface area contributed by atoms with Crippen LogP contribution in [0.5, 0.6) is 0 Å².